The maximum Gasteiger partial charge on any atom is 0.234 e. The molecule has 8 nitrogen and oxygen atoms in total. The SMILES string of the molecule is CC(C)C(=O)n1c2cncc(c2)c2cnc3[nH]nc(c4nc5c(cccc5c5ccc1s5)[nH]4)c3c2. The molecule has 0 saturated heterocycles. The Morgan fingerprint density at radius 1 is 0.971 bits per heavy atom. The van der Waals surface area contributed by atoms with Crippen LogP contribution in [0, 0.1) is 5.92 Å². The van der Waals surface area contributed by atoms with Crippen molar-refractivity contribution in [2.45, 2.75) is 13.8 Å². The molecule has 0 aliphatic heterocycles. The molecule has 170 valence electrons. The molecule has 0 atom stereocenters. The monoisotopic (exact) mass is 477 g/mol. The number of carbonyl (C=O) groups excluding carboxylic acids is 1. The normalized spacial score (nSPS) is 12.1. The van der Waals surface area contributed by atoms with Crippen molar-refractivity contribution in [1.29, 1.82) is 0 Å². The fourth-order valence-electron chi connectivity index (χ4n) is 4.51. The van der Waals surface area contributed by atoms with Crippen LogP contribution in [0.4, 0.5) is 0 Å². The number of aromatic amines is 2. The summed E-state index contributed by atoms with van der Waals surface area (Å²) in [7, 11) is 0. The third-order valence-corrected chi connectivity index (χ3v) is 7.36. The van der Waals surface area contributed by atoms with Crippen LogP contribution in [0.3, 0.4) is 0 Å². The third kappa shape index (κ3) is 3.01. The number of imidazole rings is 1. The van der Waals surface area contributed by atoms with Gasteiger partial charge in [-0.25, -0.2) is 9.97 Å². The summed E-state index contributed by atoms with van der Waals surface area (Å²) in [6.07, 6.45) is 5.31. The van der Waals surface area contributed by atoms with Crippen LogP contribution in [0.15, 0.2) is 61.1 Å². The smallest absolute Gasteiger partial charge is 0.234 e. The second kappa shape index (κ2) is 7.31. The number of fused-ring (bicyclic) bond motifs is 9. The number of rotatable bonds is 1. The number of H-pyrrole nitrogens is 2. The highest BCUT2D eigenvalue weighted by molar-refractivity contribution is 7.24. The maximum atomic E-state index is 13.4. The zero-order valence-electron chi connectivity index (χ0n) is 18.9. The van der Waals surface area contributed by atoms with Gasteiger partial charge in [-0.15, -0.1) is 11.3 Å². The van der Waals surface area contributed by atoms with Gasteiger partial charge in [0, 0.05) is 39.2 Å². The van der Waals surface area contributed by atoms with E-state index in [1.165, 1.54) is 0 Å². The number of carbonyl (C=O) groups is 1. The fraction of sp³-hybridized carbons (Fsp3) is 0.115. The van der Waals surface area contributed by atoms with E-state index < -0.39 is 0 Å². The number of para-hydroxylation sites is 1. The number of pyridine rings is 2. The van der Waals surface area contributed by atoms with E-state index >= 15 is 0 Å². The van der Waals surface area contributed by atoms with Crippen LogP contribution in [0.2, 0.25) is 0 Å². The van der Waals surface area contributed by atoms with E-state index in [1.807, 2.05) is 50.2 Å². The van der Waals surface area contributed by atoms with Gasteiger partial charge in [-0.1, -0.05) is 26.0 Å². The van der Waals surface area contributed by atoms with Crippen molar-refractivity contribution in [3.63, 3.8) is 0 Å². The molecule has 2 N–H and O–H groups in total. The predicted molar refractivity (Wildman–Crippen MR) is 140 cm³/mol. The number of aromatic nitrogens is 7. The van der Waals surface area contributed by atoms with E-state index in [4.69, 9.17) is 4.98 Å². The number of thiophene rings is 1. The molecule has 0 spiro atoms. The Labute approximate surface area is 202 Å². The summed E-state index contributed by atoms with van der Waals surface area (Å²) >= 11 is 1.56. The molecule has 8 bridgehead atoms. The molecule has 6 heterocycles. The Morgan fingerprint density at radius 2 is 1.86 bits per heavy atom. The lowest BCUT2D eigenvalue weighted by molar-refractivity contribution is 0.0865. The minimum Gasteiger partial charge on any atom is -0.337 e. The fourth-order valence-corrected chi connectivity index (χ4v) is 5.57. The molecular formula is C26H19N7OS. The Hall–Kier alpha value is -4.37. The zero-order chi connectivity index (χ0) is 23.7. The first-order valence-electron chi connectivity index (χ1n) is 11.3. The van der Waals surface area contributed by atoms with Crippen LogP contribution in [0.25, 0.3) is 64.4 Å². The van der Waals surface area contributed by atoms with Gasteiger partial charge in [0.15, 0.2) is 11.3 Å². The number of nitrogens with one attached hydrogen (secondary N) is 2. The molecule has 7 rings (SSSR count). The summed E-state index contributed by atoms with van der Waals surface area (Å²) in [5.74, 6) is -0.178. The summed E-state index contributed by atoms with van der Waals surface area (Å²) in [4.78, 5) is 31.7. The Bertz CT molecular complexity index is 2020. The number of nitrogens with zero attached hydrogens (tertiary/aromatic N) is 5. The molecule has 0 saturated carbocycles. The minimum absolute atomic E-state index is 0.00706. The average molecular weight is 478 g/mol. The van der Waals surface area contributed by atoms with Crippen molar-refractivity contribution in [2.24, 2.45) is 5.92 Å². The summed E-state index contributed by atoms with van der Waals surface area (Å²) < 4.78 is 2.79. The number of hydrogen-bond acceptors (Lipinski definition) is 6. The zero-order valence-corrected chi connectivity index (χ0v) is 19.7. The van der Waals surface area contributed by atoms with Crippen LogP contribution >= 0.6 is 11.3 Å². The molecule has 9 heteroatoms. The minimum atomic E-state index is -0.185. The summed E-state index contributed by atoms with van der Waals surface area (Å²) in [5.41, 5.74) is 4.56. The van der Waals surface area contributed by atoms with Gasteiger partial charge in [0.1, 0.15) is 10.3 Å². The predicted octanol–water partition coefficient (Wildman–Crippen LogP) is 6.13. The second-order valence-corrected chi connectivity index (χ2v) is 9.94. The van der Waals surface area contributed by atoms with Crippen LogP contribution in [-0.4, -0.2) is 40.6 Å². The van der Waals surface area contributed by atoms with Crippen molar-refractivity contribution in [2.75, 3.05) is 0 Å². The standard InChI is InChI=1S/C26H19N7OS/c1-13(2)26(34)33-16-8-14(10-27-12-16)15-9-18-23(31-32-24(18)28-11-15)25-29-19-5-3-4-17(22(19)30-25)20-6-7-21(33)35-20/h3-13H,1-2H3,(H,29,30)(H,28,31,32). The highest BCUT2D eigenvalue weighted by Crippen LogP contribution is 2.30. The largest absolute Gasteiger partial charge is 0.337 e. The van der Waals surface area contributed by atoms with E-state index in [-0.39, 0.29) is 11.8 Å². The molecule has 6 aromatic heterocycles. The quantitative estimate of drug-likeness (QED) is 0.296. The van der Waals surface area contributed by atoms with Crippen molar-refractivity contribution in [3.05, 3.63) is 61.1 Å². The molecule has 0 amide bonds. The molecule has 0 aliphatic rings. The molecule has 0 fully saturated rings. The van der Waals surface area contributed by atoms with Crippen molar-refractivity contribution in [3.8, 4) is 0 Å². The maximum absolute atomic E-state index is 13.4. The summed E-state index contributed by atoms with van der Waals surface area (Å²) in [5, 5.41) is 11.1. The van der Waals surface area contributed by atoms with Gasteiger partial charge in [0.25, 0.3) is 0 Å². The summed E-state index contributed by atoms with van der Waals surface area (Å²) in [6.45, 7) is 3.82. The van der Waals surface area contributed by atoms with Crippen LogP contribution in [0.1, 0.15) is 18.6 Å². The molecule has 7 aromatic rings. The number of benzene rings is 1. The van der Waals surface area contributed by atoms with E-state index in [9.17, 15) is 4.79 Å². The van der Waals surface area contributed by atoms with Gasteiger partial charge in [0.2, 0.25) is 5.91 Å². The van der Waals surface area contributed by atoms with Gasteiger partial charge < -0.3 is 4.98 Å². The van der Waals surface area contributed by atoms with Crippen LogP contribution in [-0.2, 0) is 0 Å². The number of hydrogen-bond donors (Lipinski definition) is 2. The highest BCUT2D eigenvalue weighted by Gasteiger charge is 2.15. The van der Waals surface area contributed by atoms with Gasteiger partial charge in [-0.3, -0.25) is 19.4 Å². The lowest BCUT2D eigenvalue weighted by Crippen LogP contribution is -2.17. The average Bonchev–Trinajstić information content (AvgIpc) is 3.61. The first-order valence-corrected chi connectivity index (χ1v) is 12.1. The summed E-state index contributed by atoms with van der Waals surface area (Å²) in [6, 6.07) is 14.1. The van der Waals surface area contributed by atoms with Gasteiger partial charge >= 0.3 is 0 Å². The molecule has 0 unspecified atom stereocenters. The van der Waals surface area contributed by atoms with Crippen molar-refractivity contribution < 1.29 is 4.79 Å². The van der Waals surface area contributed by atoms with Crippen molar-refractivity contribution >= 4 is 81.7 Å². The van der Waals surface area contributed by atoms with Crippen LogP contribution in [0.5, 0.6) is 0 Å². The Morgan fingerprint density at radius 3 is 2.74 bits per heavy atom. The molecule has 1 aromatic carbocycles. The first kappa shape index (κ1) is 20.0. The topological polar surface area (TPSA) is 105 Å². The van der Waals surface area contributed by atoms with E-state index in [0.29, 0.717) is 16.8 Å². The molecule has 0 radical (unpaired) electrons. The van der Waals surface area contributed by atoms with E-state index in [2.05, 4.69) is 31.2 Å². The first-order chi connectivity index (χ1) is 17.1. The second-order valence-electron chi connectivity index (χ2n) is 8.88. The Balaban J connectivity index is 1.78. The third-order valence-electron chi connectivity index (χ3n) is 6.26. The lowest BCUT2D eigenvalue weighted by atomic mass is 10.2. The van der Waals surface area contributed by atoms with Gasteiger partial charge in [0.05, 0.1) is 28.1 Å². The Kier molecular flexibility index (Phi) is 4.19. The molecule has 0 aliphatic carbocycles. The van der Waals surface area contributed by atoms with Gasteiger partial charge in [-0.2, -0.15) is 5.10 Å². The van der Waals surface area contributed by atoms with Crippen molar-refractivity contribution in [1.82, 2.24) is 34.7 Å². The molecule has 35 heavy (non-hydrogen) atoms. The van der Waals surface area contributed by atoms with Gasteiger partial charge in [-0.05, 0) is 30.3 Å². The van der Waals surface area contributed by atoms with E-state index in [0.717, 1.165) is 47.6 Å². The van der Waals surface area contributed by atoms with Crippen LogP contribution < -0.4 is 0 Å². The highest BCUT2D eigenvalue weighted by atomic mass is 32.1. The van der Waals surface area contributed by atoms with E-state index in [1.54, 1.807) is 34.5 Å². The lowest BCUT2D eigenvalue weighted by Gasteiger charge is -2.10. The molecular weight excluding hydrogens is 458 g/mol.